The predicted molar refractivity (Wildman–Crippen MR) is 69.7 cm³/mol. The fraction of sp³-hybridized carbons (Fsp3) is 0.308. The molecule has 0 unspecified atom stereocenters. The van der Waals surface area contributed by atoms with E-state index in [0.29, 0.717) is 6.42 Å². The van der Waals surface area contributed by atoms with Crippen molar-refractivity contribution in [3.8, 4) is 5.75 Å². The number of methoxy groups -OCH3 is 1. The van der Waals surface area contributed by atoms with Gasteiger partial charge in [-0.1, -0.05) is 6.92 Å². The highest BCUT2D eigenvalue weighted by atomic mass is 19.3. The SMILES string of the molecule is CCc1nc2c(OC(F)F)cc(C(=O)OC)cc2[nH]c1=O. The third kappa shape index (κ3) is 2.99. The van der Waals surface area contributed by atoms with Gasteiger partial charge in [0.15, 0.2) is 5.75 Å². The number of esters is 1. The normalized spacial score (nSPS) is 10.9. The fourth-order valence-electron chi connectivity index (χ4n) is 1.86. The van der Waals surface area contributed by atoms with Crippen LogP contribution in [0.25, 0.3) is 11.0 Å². The van der Waals surface area contributed by atoms with Gasteiger partial charge >= 0.3 is 12.6 Å². The van der Waals surface area contributed by atoms with Crippen molar-refractivity contribution < 1.29 is 23.0 Å². The zero-order chi connectivity index (χ0) is 15.6. The van der Waals surface area contributed by atoms with Gasteiger partial charge < -0.3 is 14.5 Å². The van der Waals surface area contributed by atoms with Crippen LogP contribution in [-0.2, 0) is 11.2 Å². The second kappa shape index (κ2) is 5.86. The molecule has 1 aromatic carbocycles. The average molecular weight is 298 g/mol. The highest BCUT2D eigenvalue weighted by Crippen LogP contribution is 2.26. The summed E-state index contributed by atoms with van der Waals surface area (Å²) in [5.41, 5.74) is -0.111. The summed E-state index contributed by atoms with van der Waals surface area (Å²) < 4.78 is 33.9. The minimum Gasteiger partial charge on any atom is -0.465 e. The summed E-state index contributed by atoms with van der Waals surface area (Å²) in [6.07, 6.45) is 0.331. The maximum absolute atomic E-state index is 12.5. The van der Waals surface area contributed by atoms with Gasteiger partial charge in [-0.2, -0.15) is 8.78 Å². The quantitative estimate of drug-likeness (QED) is 0.871. The van der Waals surface area contributed by atoms with Crippen molar-refractivity contribution in [1.29, 1.82) is 0 Å². The number of hydrogen-bond donors (Lipinski definition) is 1. The number of halogens is 2. The first-order chi connectivity index (χ1) is 9.96. The van der Waals surface area contributed by atoms with Gasteiger partial charge in [-0.15, -0.1) is 0 Å². The van der Waals surface area contributed by atoms with Crippen LogP contribution in [-0.4, -0.2) is 29.7 Å². The lowest BCUT2D eigenvalue weighted by atomic mass is 10.1. The fourth-order valence-corrected chi connectivity index (χ4v) is 1.86. The zero-order valence-electron chi connectivity index (χ0n) is 11.3. The van der Waals surface area contributed by atoms with E-state index in [1.165, 1.54) is 6.07 Å². The Hall–Kier alpha value is -2.51. The Morgan fingerprint density at radius 3 is 2.71 bits per heavy atom. The molecule has 0 saturated heterocycles. The number of fused-ring (bicyclic) bond motifs is 1. The van der Waals surface area contributed by atoms with Gasteiger partial charge in [0.25, 0.3) is 5.56 Å². The van der Waals surface area contributed by atoms with Gasteiger partial charge in [-0.25, -0.2) is 9.78 Å². The van der Waals surface area contributed by atoms with Crippen LogP contribution < -0.4 is 10.3 Å². The molecular formula is C13H12F2N2O4. The molecule has 8 heteroatoms. The van der Waals surface area contributed by atoms with Gasteiger partial charge in [0, 0.05) is 0 Å². The number of hydrogen-bond acceptors (Lipinski definition) is 5. The minimum absolute atomic E-state index is 0.0256. The molecule has 2 aromatic rings. The third-order valence-corrected chi connectivity index (χ3v) is 2.80. The Bertz CT molecular complexity index is 743. The Balaban J connectivity index is 2.74. The van der Waals surface area contributed by atoms with E-state index in [0.717, 1.165) is 13.2 Å². The maximum Gasteiger partial charge on any atom is 0.387 e. The molecule has 0 bridgehead atoms. The number of aromatic amines is 1. The molecule has 0 aliphatic rings. The average Bonchev–Trinajstić information content (AvgIpc) is 2.44. The van der Waals surface area contributed by atoms with E-state index < -0.39 is 18.1 Å². The molecule has 0 atom stereocenters. The van der Waals surface area contributed by atoms with Crippen molar-refractivity contribution in [3.63, 3.8) is 0 Å². The van der Waals surface area contributed by atoms with Crippen LogP contribution in [0, 0.1) is 0 Å². The van der Waals surface area contributed by atoms with Crippen molar-refractivity contribution >= 4 is 17.0 Å². The summed E-state index contributed by atoms with van der Waals surface area (Å²) in [4.78, 5) is 29.8. The minimum atomic E-state index is -3.08. The molecule has 21 heavy (non-hydrogen) atoms. The van der Waals surface area contributed by atoms with E-state index in [9.17, 15) is 18.4 Å². The maximum atomic E-state index is 12.5. The monoisotopic (exact) mass is 298 g/mol. The van der Waals surface area contributed by atoms with E-state index in [-0.39, 0.29) is 28.0 Å². The Morgan fingerprint density at radius 1 is 1.43 bits per heavy atom. The molecule has 112 valence electrons. The number of nitrogens with one attached hydrogen (secondary N) is 1. The number of carbonyl (C=O) groups excluding carboxylic acids is 1. The number of aromatic nitrogens is 2. The van der Waals surface area contributed by atoms with Crippen molar-refractivity contribution in [3.05, 3.63) is 33.7 Å². The first kappa shape index (κ1) is 14.9. The van der Waals surface area contributed by atoms with Crippen LogP contribution in [0.15, 0.2) is 16.9 Å². The van der Waals surface area contributed by atoms with Gasteiger partial charge in [0.1, 0.15) is 11.2 Å². The van der Waals surface area contributed by atoms with E-state index in [1.807, 2.05) is 0 Å². The smallest absolute Gasteiger partial charge is 0.387 e. The van der Waals surface area contributed by atoms with Crippen molar-refractivity contribution in [2.45, 2.75) is 20.0 Å². The highest BCUT2D eigenvalue weighted by molar-refractivity contribution is 5.95. The van der Waals surface area contributed by atoms with Crippen LogP contribution in [0.4, 0.5) is 8.78 Å². The topological polar surface area (TPSA) is 81.3 Å². The van der Waals surface area contributed by atoms with Crippen LogP contribution in [0.3, 0.4) is 0 Å². The second-order valence-corrected chi connectivity index (χ2v) is 4.11. The van der Waals surface area contributed by atoms with Crippen molar-refractivity contribution in [2.75, 3.05) is 7.11 Å². The number of aryl methyl sites for hydroxylation is 1. The summed E-state index contributed by atoms with van der Waals surface area (Å²) in [5.74, 6) is -1.04. The summed E-state index contributed by atoms with van der Waals surface area (Å²) in [6.45, 7) is -1.38. The summed E-state index contributed by atoms with van der Waals surface area (Å²) in [7, 11) is 1.15. The number of alkyl halides is 2. The number of ether oxygens (including phenoxy) is 2. The molecule has 0 aliphatic carbocycles. The number of benzene rings is 1. The first-order valence-electron chi connectivity index (χ1n) is 6.06. The lowest BCUT2D eigenvalue weighted by molar-refractivity contribution is -0.0490. The number of H-pyrrole nitrogens is 1. The predicted octanol–water partition coefficient (Wildman–Crippen LogP) is 1.87. The number of nitrogens with zero attached hydrogens (tertiary/aromatic N) is 1. The molecule has 0 spiro atoms. The molecule has 1 N–H and O–H groups in total. The molecular weight excluding hydrogens is 286 g/mol. The van der Waals surface area contributed by atoms with E-state index in [4.69, 9.17) is 0 Å². The van der Waals surface area contributed by atoms with E-state index in [2.05, 4.69) is 19.4 Å². The molecule has 0 fully saturated rings. The van der Waals surface area contributed by atoms with Crippen LogP contribution >= 0.6 is 0 Å². The van der Waals surface area contributed by atoms with Crippen LogP contribution in [0.1, 0.15) is 23.0 Å². The van der Waals surface area contributed by atoms with Gasteiger partial charge in [0.2, 0.25) is 0 Å². The van der Waals surface area contributed by atoms with Gasteiger partial charge in [-0.05, 0) is 18.6 Å². The van der Waals surface area contributed by atoms with Crippen LogP contribution in [0.5, 0.6) is 5.75 Å². The van der Waals surface area contributed by atoms with Gasteiger partial charge in [0.05, 0.1) is 18.2 Å². The first-order valence-corrected chi connectivity index (χ1v) is 6.06. The Labute approximate surface area is 117 Å². The molecule has 0 aliphatic heterocycles. The Morgan fingerprint density at radius 2 is 2.14 bits per heavy atom. The van der Waals surface area contributed by atoms with Crippen molar-refractivity contribution in [1.82, 2.24) is 9.97 Å². The Kier molecular flexibility index (Phi) is 4.15. The lowest BCUT2D eigenvalue weighted by Crippen LogP contribution is -2.16. The standard InChI is InChI=1S/C13H12F2N2O4/c1-3-7-11(18)17-8-4-6(12(19)20-2)5-9(10(8)16-7)21-13(14)15/h4-5,13H,3H2,1-2H3,(H,17,18). The zero-order valence-corrected chi connectivity index (χ0v) is 11.3. The van der Waals surface area contributed by atoms with Crippen LogP contribution in [0.2, 0.25) is 0 Å². The molecule has 0 amide bonds. The molecule has 1 heterocycles. The number of carbonyl (C=O) groups is 1. The molecule has 2 rings (SSSR count). The van der Waals surface area contributed by atoms with Gasteiger partial charge in [-0.3, -0.25) is 4.79 Å². The van der Waals surface area contributed by atoms with E-state index >= 15 is 0 Å². The largest absolute Gasteiger partial charge is 0.465 e. The second-order valence-electron chi connectivity index (χ2n) is 4.11. The lowest BCUT2D eigenvalue weighted by Gasteiger charge is -2.10. The highest BCUT2D eigenvalue weighted by Gasteiger charge is 2.17. The molecule has 0 saturated carbocycles. The molecule has 1 aromatic heterocycles. The number of rotatable bonds is 4. The molecule has 0 radical (unpaired) electrons. The summed E-state index contributed by atoms with van der Waals surface area (Å²) >= 11 is 0. The summed E-state index contributed by atoms with van der Waals surface area (Å²) in [5, 5.41) is 0. The van der Waals surface area contributed by atoms with E-state index in [1.54, 1.807) is 6.92 Å². The third-order valence-electron chi connectivity index (χ3n) is 2.80. The van der Waals surface area contributed by atoms with Crippen molar-refractivity contribution in [2.24, 2.45) is 0 Å². The summed E-state index contributed by atoms with van der Waals surface area (Å²) in [6, 6.07) is 2.40. The molecule has 6 nitrogen and oxygen atoms in total.